The van der Waals surface area contributed by atoms with Crippen LogP contribution in [0.15, 0.2) is 40.9 Å². The van der Waals surface area contributed by atoms with Crippen molar-refractivity contribution < 1.29 is 9.13 Å². The molecule has 5 heteroatoms. The van der Waals surface area contributed by atoms with Crippen LogP contribution in [0.3, 0.4) is 0 Å². The van der Waals surface area contributed by atoms with Gasteiger partial charge in [0.1, 0.15) is 5.75 Å². The van der Waals surface area contributed by atoms with Gasteiger partial charge in [0.25, 0.3) is 0 Å². The van der Waals surface area contributed by atoms with E-state index in [0.29, 0.717) is 17.3 Å². The van der Waals surface area contributed by atoms with Gasteiger partial charge in [-0.05, 0) is 36.9 Å². The predicted molar refractivity (Wildman–Crippen MR) is 83.0 cm³/mol. The standard InChI is InChI=1S/C15H14BrClFNO/c1-2-19-9-10-3-5-12(17)8-14(10)20-15-7-11(16)4-6-13(15)18/h3-8,19H,2,9H2,1H3. The summed E-state index contributed by atoms with van der Waals surface area (Å²) in [6, 6.07) is 9.92. The molecule has 0 atom stereocenters. The molecule has 0 aromatic heterocycles. The second kappa shape index (κ2) is 7.07. The topological polar surface area (TPSA) is 21.3 Å². The van der Waals surface area contributed by atoms with Crippen molar-refractivity contribution in [3.05, 3.63) is 57.3 Å². The molecular formula is C15H14BrClFNO. The molecule has 0 heterocycles. The third-order valence-corrected chi connectivity index (χ3v) is 3.44. The summed E-state index contributed by atoms with van der Waals surface area (Å²) in [7, 11) is 0. The Morgan fingerprint density at radius 3 is 2.75 bits per heavy atom. The summed E-state index contributed by atoms with van der Waals surface area (Å²) in [5.74, 6) is 0.303. The number of rotatable bonds is 5. The molecule has 0 saturated heterocycles. The zero-order chi connectivity index (χ0) is 14.5. The molecule has 2 nitrogen and oxygen atoms in total. The minimum absolute atomic E-state index is 0.166. The van der Waals surface area contributed by atoms with Gasteiger partial charge in [-0.15, -0.1) is 0 Å². The molecular weight excluding hydrogens is 345 g/mol. The van der Waals surface area contributed by atoms with Gasteiger partial charge in [0.2, 0.25) is 0 Å². The molecule has 0 amide bonds. The van der Waals surface area contributed by atoms with E-state index >= 15 is 0 Å². The van der Waals surface area contributed by atoms with E-state index in [9.17, 15) is 4.39 Å². The zero-order valence-corrected chi connectivity index (χ0v) is 13.3. The Morgan fingerprint density at radius 1 is 1.20 bits per heavy atom. The maximum Gasteiger partial charge on any atom is 0.165 e. The number of halogens is 3. The molecule has 0 saturated carbocycles. The molecule has 0 aliphatic carbocycles. The van der Waals surface area contributed by atoms with Gasteiger partial charge in [-0.2, -0.15) is 0 Å². The monoisotopic (exact) mass is 357 g/mol. The largest absolute Gasteiger partial charge is 0.454 e. The second-order valence-electron chi connectivity index (χ2n) is 4.21. The van der Waals surface area contributed by atoms with Crippen LogP contribution in [0, 0.1) is 5.82 Å². The molecule has 0 bridgehead atoms. The second-order valence-corrected chi connectivity index (χ2v) is 5.56. The fraction of sp³-hybridized carbons (Fsp3) is 0.200. The first-order chi connectivity index (χ1) is 9.60. The van der Waals surface area contributed by atoms with Crippen LogP contribution in [0.5, 0.6) is 11.5 Å². The van der Waals surface area contributed by atoms with Crippen molar-refractivity contribution in [3.63, 3.8) is 0 Å². The Kier molecular flexibility index (Phi) is 5.40. The van der Waals surface area contributed by atoms with Crippen molar-refractivity contribution in [2.24, 2.45) is 0 Å². The number of benzene rings is 2. The quantitative estimate of drug-likeness (QED) is 0.798. The van der Waals surface area contributed by atoms with E-state index in [4.69, 9.17) is 16.3 Å². The summed E-state index contributed by atoms with van der Waals surface area (Å²) in [4.78, 5) is 0. The first-order valence-electron chi connectivity index (χ1n) is 6.22. The van der Waals surface area contributed by atoms with Crippen molar-refractivity contribution in [2.75, 3.05) is 6.54 Å². The lowest BCUT2D eigenvalue weighted by molar-refractivity contribution is 0.435. The summed E-state index contributed by atoms with van der Waals surface area (Å²) < 4.78 is 20.2. The fourth-order valence-electron chi connectivity index (χ4n) is 1.70. The van der Waals surface area contributed by atoms with Gasteiger partial charge in [-0.3, -0.25) is 0 Å². The highest BCUT2D eigenvalue weighted by Gasteiger charge is 2.10. The van der Waals surface area contributed by atoms with Gasteiger partial charge in [-0.1, -0.05) is 40.5 Å². The highest BCUT2D eigenvalue weighted by Crippen LogP contribution is 2.31. The van der Waals surface area contributed by atoms with Crippen LogP contribution in [0.25, 0.3) is 0 Å². The molecule has 1 N–H and O–H groups in total. The van der Waals surface area contributed by atoms with E-state index < -0.39 is 5.82 Å². The smallest absolute Gasteiger partial charge is 0.165 e. The molecule has 2 aromatic carbocycles. The molecule has 0 unspecified atom stereocenters. The van der Waals surface area contributed by atoms with Gasteiger partial charge in [0.05, 0.1) is 0 Å². The van der Waals surface area contributed by atoms with Crippen LogP contribution in [0.2, 0.25) is 5.02 Å². The van der Waals surface area contributed by atoms with E-state index in [-0.39, 0.29) is 5.75 Å². The molecule has 2 aromatic rings. The lowest BCUT2D eigenvalue weighted by Gasteiger charge is -2.13. The summed E-state index contributed by atoms with van der Waals surface area (Å²) in [6.07, 6.45) is 0. The Bertz CT molecular complexity index is 606. The minimum atomic E-state index is -0.414. The molecule has 0 fully saturated rings. The highest BCUT2D eigenvalue weighted by molar-refractivity contribution is 9.10. The van der Waals surface area contributed by atoms with E-state index in [1.165, 1.54) is 6.07 Å². The SMILES string of the molecule is CCNCc1ccc(Cl)cc1Oc1cc(Br)ccc1F. The minimum Gasteiger partial charge on any atom is -0.454 e. The van der Waals surface area contributed by atoms with Crippen molar-refractivity contribution in [2.45, 2.75) is 13.5 Å². The molecule has 0 spiro atoms. The molecule has 0 aliphatic heterocycles. The third kappa shape index (κ3) is 3.95. The normalized spacial score (nSPS) is 10.6. The molecule has 0 radical (unpaired) electrons. The van der Waals surface area contributed by atoms with Crippen LogP contribution in [-0.4, -0.2) is 6.54 Å². The number of ether oxygens (including phenoxy) is 1. The summed E-state index contributed by atoms with van der Waals surface area (Å²) in [5.41, 5.74) is 0.927. The number of hydrogen-bond donors (Lipinski definition) is 1. The first kappa shape index (κ1) is 15.3. The third-order valence-electron chi connectivity index (χ3n) is 2.71. The fourth-order valence-corrected chi connectivity index (χ4v) is 2.21. The summed E-state index contributed by atoms with van der Waals surface area (Å²) in [6.45, 7) is 3.50. The van der Waals surface area contributed by atoms with Gasteiger partial charge in [-0.25, -0.2) is 4.39 Å². The molecule has 0 aliphatic rings. The van der Waals surface area contributed by atoms with Crippen molar-refractivity contribution >= 4 is 27.5 Å². The Labute approximate surface area is 131 Å². The van der Waals surface area contributed by atoms with Crippen LogP contribution in [-0.2, 0) is 6.54 Å². The van der Waals surface area contributed by atoms with E-state index in [1.807, 2.05) is 13.0 Å². The van der Waals surface area contributed by atoms with E-state index in [0.717, 1.165) is 16.6 Å². The summed E-state index contributed by atoms with van der Waals surface area (Å²) >= 11 is 9.28. The average molecular weight is 359 g/mol. The predicted octanol–water partition coefficient (Wildman–Crippen LogP) is 5.14. The van der Waals surface area contributed by atoms with Crippen molar-refractivity contribution in [1.82, 2.24) is 5.32 Å². The van der Waals surface area contributed by atoms with Gasteiger partial charge >= 0.3 is 0 Å². The van der Waals surface area contributed by atoms with Crippen LogP contribution < -0.4 is 10.1 Å². The lowest BCUT2D eigenvalue weighted by Crippen LogP contribution is -2.12. The number of nitrogens with one attached hydrogen (secondary N) is 1. The molecule has 2 rings (SSSR count). The Morgan fingerprint density at radius 2 is 2.00 bits per heavy atom. The van der Waals surface area contributed by atoms with Gasteiger partial charge < -0.3 is 10.1 Å². The van der Waals surface area contributed by atoms with E-state index in [2.05, 4.69) is 21.2 Å². The van der Waals surface area contributed by atoms with Gasteiger partial charge in [0.15, 0.2) is 11.6 Å². The Hall–Kier alpha value is -1.10. The molecule has 106 valence electrons. The maximum absolute atomic E-state index is 13.7. The first-order valence-corrected chi connectivity index (χ1v) is 7.39. The zero-order valence-electron chi connectivity index (χ0n) is 10.9. The molecule has 20 heavy (non-hydrogen) atoms. The summed E-state index contributed by atoms with van der Waals surface area (Å²) in [5, 5.41) is 3.76. The highest BCUT2D eigenvalue weighted by atomic mass is 79.9. The van der Waals surface area contributed by atoms with Crippen molar-refractivity contribution in [1.29, 1.82) is 0 Å². The van der Waals surface area contributed by atoms with Gasteiger partial charge in [0, 0.05) is 21.6 Å². The van der Waals surface area contributed by atoms with Crippen LogP contribution >= 0.6 is 27.5 Å². The van der Waals surface area contributed by atoms with E-state index in [1.54, 1.807) is 24.3 Å². The average Bonchev–Trinajstić information content (AvgIpc) is 2.42. The Balaban J connectivity index is 2.31. The van der Waals surface area contributed by atoms with Crippen LogP contribution in [0.1, 0.15) is 12.5 Å². The number of hydrogen-bond acceptors (Lipinski definition) is 2. The van der Waals surface area contributed by atoms with Crippen LogP contribution in [0.4, 0.5) is 4.39 Å². The van der Waals surface area contributed by atoms with Crippen molar-refractivity contribution in [3.8, 4) is 11.5 Å². The maximum atomic E-state index is 13.7. The lowest BCUT2D eigenvalue weighted by atomic mass is 10.2.